The molecule has 1 heterocycles. The van der Waals surface area contributed by atoms with Crippen LogP contribution in [0.15, 0.2) is 54.6 Å². The summed E-state index contributed by atoms with van der Waals surface area (Å²) >= 11 is 0. The summed E-state index contributed by atoms with van der Waals surface area (Å²) in [7, 11) is -3.53. The van der Waals surface area contributed by atoms with Crippen LogP contribution in [0.5, 0.6) is 0 Å². The molecule has 1 aliphatic carbocycles. The molecule has 1 amide bonds. The van der Waals surface area contributed by atoms with Crippen molar-refractivity contribution in [1.29, 1.82) is 0 Å². The van der Waals surface area contributed by atoms with Gasteiger partial charge in [0.1, 0.15) is 5.60 Å². The maximum Gasteiger partial charge on any atom is 0.410 e. The van der Waals surface area contributed by atoms with Crippen molar-refractivity contribution < 1.29 is 27.9 Å². The van der Waals surface area contributed by atoms with Crippen LogP contribution in [-0.2, 0) is 20.5 Å². The van der Waals surface area contributed by atoms with Gasteiger partial charge in [-0.25, -0.2) is 22.3 Å². The first kappa shape index (κ1) is 27.1. The van der Waals surface area contributed by atoms with Gasteiger partial charge in [0.05, 0.1) is 11.3 Å². The van der Waals surface area contributed by atoms with Gasteiger partial charge in [-0.2, -0.15) is 0 Å². The molecule has 1 saturated heterocycles. The number of ether oxygens (including phenoxy) is 1. The quantitative estimate of drug-likeness (QED) is 0.532. The summed E-state index contributed by atoms with van der Waals surface area (Å²) in [4.78, 5) is 26.0. The van der Waals surface area contributed by atoms with E-state index in [2.05, 4.69) is 12.1 Å². The number of rotatable bonds is 8. The lowest BCUT2D eigenvalue weighted by Crippen LogP contribution is -2.45. The Kier molecular flexibility index (Phi) is 7.94. The average Bonchev–Trinajstić information content (AvgIpc) is 3.63. The van der Waals surface area contributed by atoms with Crippen LogP contribution in [-0.4, -0.2) is 66.1 Å². The topological polar surface area (TPSA) is 104 Å². The Labute approximate surface area is 219 Å². The highest BCUT2D eigenvalue weighted by molar-refractivity contribution is 7.88. The molecule has 1 aliphatic heterocycles. The van der Waals surface area contributed by atoms with Gasteiger partial charge in [-0.1, -0.05) is 42.5 Å². The van der Waals surface area contributed by atoms with Crippen LogP contribution in [0.2, 0.25) is 0 Å². The molecular weight excluding hydrogens is 492 g/mol. The van der Waals surface area contributed by atoms with E-state index in [-0.39, 0.29) is 29.4 Å². The first-order chi connectivity index (χ1) is 17.4. The fourth-order valence-corrected chi connectivity index (χ4v) is 6.51. The number of carboxylic acids is 1. The summed E-state index contributed by atoms with van der Waals surface area (Å²) in [5.74, 6) is -0.728. The summed E-state index contributed by atoms with van der Waals surface area (Å²) in [6.45, 7) is 6.94. The molecule has 200 valence electrons. The van der Waals surface area contributed by atoms with Crippen molar-refractivity contribution in [2.45, 2.75) is 63.3 Å². The molecule has 8 nitrogen and oxygen atoms in total. The molecule has 0 bridgehead atoms. The third-order valence-corrected chi connectivity index (χ3v) is 8.83. The Morgan fingerprint density at radius 1 is 1.03 bits per heavy atom. The van der Waals surface area contributed by atoms with Crippen molar-refractivity contribution in [3.05, 3.63) is 71.3 Å². The molecule has 2 aliphatic rings. The van der Waals surface area contributed by atoms with Gasteiger partial charge in [0.25, 0.3) is 0 Å². The normalized spacial score (nSPS) is 20.8. The average molecular weight is 529 g/mol. The number of aromatic carboxylic acids is 1. The monoisotopic (exact) mass is 528 g/mol. The SMILES string of the molecule is CC(C)(C)OC(=O)N(CC1CCN(S(=O)(=O)Cc2ccc(C(=O)O)cc2)CC1)C1CC1c1ccccc1. The second-order valence-electron chi connectivity index (χ2n) is 11.1. The lowest BCUT2D eigenvalue weighted by Gasteiger charge is -2.35. The van der Waals surface area contributed by atoms with E-state index >= 15 is 0 Å². The van der Waals surface area contributed by atoms with E-state index in [0.29, 0.717) is 44.0 Å². The number of carboxylic acid groups (broad SMARTS) is 1. The van der Waals surface area contributed by atoms with Gasteiger partial charge >= 0.3 is 12.1 Å². The number of benzene rings is 2. The third kappa shape index (κ3) is 7.11. The van der Waals surface area contributed by atoms with E-state index in [0.717, 1.165) is 6.42 Å². The number of piperidine rings is 1. The minimum Gasteiger partial charge on any atom is -0.478 e. The van der Waals surface area contributed by atoms with Gasteiger partial charge in [0.2, 0.25) is 10.0 Å². The molecule has 0 radical (unpaired) electrons. The van der Waals surface area contributed by atoms with Gasteiger partial charge in [-0.05, 0) is 69.2 Å². The molecule has 2 fully saturated rings. The molecule has 2 atom stereocenters. The maximum absolute atomic E-state index is 13.1. The van der Waals surface area contributed by atoms with E-state index in [1.165, 1.54) is 22.0 Å². The van der Waals surface area contributed by atoms with Gasteiger partial charge in [-0.3, -0.25) is 0 Å². The Morgan fingerprint density at radius 2 is 1.65 bits per heavy atom. The van der Waals surface area contributed by atoms with Crippen molar-refractivity contribution in [2.24, 2.45) is 5.92 Å². The van der Waals surface area contributed by atoms with Crippen LogP contribution in [0, 0.1) is 5.92 Å². The van der Waals surface area contributed by atoms with Gasteiger partial charge in [0.15, 0.2) is 0 Å². The Bertz CT molecular complexity index is 1200. The Hall–Kier alpha value is -2.91. The zero-order chi connectivity index (χ0) is 26.8. The Morgan fingerprint density at radius 3 is 2.22 bits per heavy atom. The van der Waals surface area contributed by atoms with Gasteiger partial charge < -0.3 is 14.7 Å². The van der Waals surface area contributed by atoms with Crippen LogP contribution in [0.3, 0.4) is 0 Å². The van der Waals surface area contributed by atoms with Crippen LogP contribution >= 0.6 is 0 Å². The molecule has 37 heavy (non-hydrogen) atoms. The molecule has 2 unspecified atom stereocenters. The third-order valence-electron chi connectivity index (χ3n) is 6.98. The first-order valence-corrected chi connectivity index (χ1v) is 14.4. The van der Waals surface area contributed by atoms with Crippen molar-refractivity contribution >= 4 is 22.1 Å². The zero-order valence-corrected chi connectivity index (χ0v) is 22.5. The standard InChI is InChI=1S/C28H36N2O6S/c1-28(2,3)36-27(33)30(25-17-24(25)22-7-5-4-6-8-22)18-20-13-15-29(16-14-20)37(34,35)19-21-9-11-23(12-10-21)26(31)32/h4-12,20,24-25H,13-19H2,1-3H3,(H,31,32). The van der Waals surface area contributed by atoms with Crippen molar-refractivity contribution in [3.8, 4) is 0 Å². The number of sulfonamides is 1. The van der Waals surface area contributed by atoms with E-state index in [9.17, 15) is 18.0 Å². The van der Waals surface area contributed by atoms with Crippen LogP contribution < -0.4 is 0 Å². The fourth-order valence-electron chi connectivity index (χ4n) is 4.94. The van der Waals surface area contributed by atoms with Crippen molar-refractivity contribution in [2.75, 3.05) is 19.6 Å². The predicted molar refractivity (Wildman–Crippen MR) is 141 cm³/mol. The lowest BCUT2D eigenvalue weighted by molar-refractivity contribution is 0.0181. The zero-order valence-electron chi connectivity index (χ0n) is 21.7. The maximum atomic E-state index is 13.1. The smallest absolute Gasteiger partial charge is 0.410 e. The number of nitrogens with zero attached hydrogens (tertiary/aromatic N) is 2. The minimum absolute atomic E-state index is 0.0905. The molecular formula is C28H36N2O6S. The fraction of sp³-hybridized carbons (Fsp3) is 0.500. The Balaban J connectivity index is 1.37. The van der Waals surface area contributed by atoms with Crippen molar-refractivity contribution in [3.63, 3.8) is 0 Å². The highest BCUT2D eigenvalue weighted by Gasteiger charge is 2.46. The van der Waals surface area contributed by atoms with Crippen LogP contribution in [0.4, 0.5) is 4.79 Å². The number of hydrogen-bond acceptors (Lipinski definition) is 5. The molecule has 1 saturated carbocycles. The highest BCUT2D eigenvalue weighted by Crippen LogP contribution is 2.45. The summed E-state index contributed by atoms with van der Waals surface area (Å²) in [6, 6.07) is 16.2. The molecule has 0 aromatic heterocycles. The second-order valence-corrected chi connectivity index (χ2v) is 13.0. The predicted octanol–water partition coefficient (Wildman–Crippen LogP) is 4.72. The first-order valence-electron chi connectivity index (χ1n) is 12.8. The summed E-state index contributed by atoms with van der Waals surface area (Å²) in [5, 5.41) is 9.04. The number of amides is 1. The number of hydrogen-bond donors (Lipinski definition) is 1. The van der Waals surface area contributed by atoms with E-state index in [4.69, 9.17) is 9.84 Å². The van der Waals surface area contributed by atoms with Gasteiger partial charge in [-0.15, -0.1) is 0 Å². The molecule has 1 N–H and O–H groups in total. The lowest BCUT2D eigenvalue weighted by atomic mass is 9.97. The van der Waals surface area contributed by atoms with Crippen LogP contribution in [0.25, 0.3) is 0 Å². The molecule has 4 rings (SSSR count). The summed E-state index contributed by atoms with van der Waals surface area (Å²) < 4.78 is 33.3. The van der Waals surface area contributed by atoms with Crippen molar-refractivity contribution in [1.82, 2.24) is 9.21 Å². The highest BCUT2D eigenvalue weighted by atomic mass is 32.2. The van der Waals surface area contributed by atoms with Crippen LogP contribution in [0.1, 0.15) is 67.4 Å². The van der Waals surface area contributed by atoms with E-state index in [1.807, 2.05) is 43.9 Å². The summed E-state index contributed by atoms with van der Waals surface area (Å²) in [6.07, 6.45) is 1.92. The minimum atomic E-state index is -3.53. The molecule has 2 aromatic carbocycles. The van der Waals surface area contributed by atoms with E-state index in [1.54, 1.807) is 12.1 Å². The largest absolute Gasteiger partial charge is 0.478 e. The molecule has 2 aromatic rings. The van der Waals surface area contributed by atoms with Gasteiger partial charge in [0, 0.05) is 31.6 Å². The second kappa shape index (κ2) is 10.8. The molecule has 0 spiro atoms. The molecule has 9 heteroatoms. The number of carbonyl (C=O) groups is 2. The van der Waals surface area contributed by atoms with E-state index < -0.39 is 21.6 Å². The summed E-state index contributed by atoms with van der Waals surface area (Å²) in [5.41, 5.74) is 1.32. The number of carbonyl (C=O) groups excluding carboxylic acids is 1.